The van der Waals surface area contributed by atoms with E-state index in [4.69, 9.17) is 4.74 Å². The number of hydrazone groups is 1. The molecule has 1 aliphatic heterocycles. The summed E-state index contributed by atoms with van der Waals surface area (Å²) in [6, 6.07) is 11.8. The Hall–Kier alpha value is -3.59. The molecule has 0 radical (unpaired) electrons. The number of aryl methyl sites for hydroxylation is 1. The monoisotopic (exact) mass is 390 g/mol. The van der Waals surface area contributed by atoms with Crippen molar-refractivity contribution < 1.29 is 4.74 Å². The maximum absolute atomic E-state index is 5.43. The zero-order chi connectivity index (χ0) is 19.9. The molecule has 29 heavy (non-hydrogen) atoms. The maximum Gasteiger partial charge on any atom is 0.250 e. The third kappa shape index (κ3) is 5.23. The number of ether oxygens (including phenoxy) is 1. The van der Waals surface area contributed by atoms with Gasteiger partial charge >= 0.3 is 0 Å². The van der Waals surface area contributed by atoms with Crippen molar-refractivity contribution in [3.05, 3.63) is 59.9 Å². The van der Waals surface area contributed by atoms with Gasteiger partial charge in [0.1, 0.15) is 0 Å². The van der Waals surface area contributed by atoms with E-state index in [1.807, 2.05) is 43.3 Å². The van der Waals surface area contributed by atoms with Gasteiger partial charge in [-0.3, -0.25) is 4.98 Å². The third-order valence-corrected chi connectivity index (χ3v) is 4.29. The van der Waals surface area contributed by atoms with Gasteiger partial charge in [0.15, 0.2) is 0 Å². The summed E-state index contributed by atoms with van der Waals surface area (Å²) in [7, 11) is 0. The zero-order valence-electron chi connectivity index (χ0n) is 16.1. The minimum atomic E-state index is 0.358. The Morgan fingerprint density at radius 1 is 1.03 bits per heavy atom. The first kappa shape index (κ1) is 18.8. The molecule has 3 aromatic rings. The van der Waals surface area contributed by atoms with Crippen LogP contribution in [-0.2, 0) is 4.74 Å². The van der Waals surface area contributed by atoms with Gasteiger partial charge in [0.2, 0.25) is 17.8 Å². The minimum Gasteiger partial charge on any atom is -0.378 e. The topological polar surface area (TPSA) is 100 Å². The van der Waals surface area contributed by atoms with E-state index < -0.39 is 0 Å². The first-order valence-corrected chi connectivity index (χ1v) is 9.38. The van der Waals surface area contributed by atoms with Crippen LogP contribution in [0.1, 0.15) is 11.1 Å². The fraction of sp³-hybridized carbons (Fsp3) is 0.250. The molecule has 4 rings (SSSR count). The van der Waals surface area contributed by atoms with E-state index in [2.05, 4.69) is 40.7 Å². The fourth-order valence-corrected chi connectivity index (χ4v) is 2.76. The molecule has 0 atom stereocenters. The molecule has 1 aliphatic rings. The second-order valence-electron chi connectivity index (χ2n) is 6.53. The first-order chi connectivity index (χ1) is 14.3. The molecule has 2 N–H and O–H groups in total. The summed E-state index contributed by atoms with van der Waals surface area (Å²) < 4.78 is 5.43. The molecular weight excluding hydrogens is 368 g/mol. The number of pyridine rings is 1. The van der Waals surface area contributed by atoms with Crippen LogP contribution in [0.3, 0.4) is 0 Å². The van der Waals surface area contributed by atoms with Crippen LogP contribution in [-0.4, -0.2) is 52.5 Å². The molecule has 0 spiro atoms. The van der Waals surface area contributed by atoms with Crippen molar-refractivity contribution in [3.63, 3.8) is 0 Å². The van der Waals surface area contributed by atoms with E-state index in [-0.39, 0.29) is 0 Å². The number of hydrogen-bond donors (Lipinski definition) is 2. The van der Waals surface area contributed by atoms with Gasteiger partial charge in [0.25, 0.3) is 0 Å². The minimum absolute atomic E-state index is 0.358. The number of anilines is 4. The highest BCUT2D eigenvalue weighted by molar-refractivity contribution is 5.79. The molecule has 0 unspecified atom stereocenters. The van der Waals surface area contributed by atoms with Crippen LogP contribution in [0.15, 0.2) is 53.9 Å². The van der Waals surface area contributed by atoms with E-state index in [1.54, 1.807) is 18.6 Å². The highest BCUT2D eigenvalue weighted by atomic mass is 16.5. The quantitative estimate of drug-likeness (QED) is 0.489. The summed E-state index contributed by atoms with van der Waals surface area (Å²) in [4.78, 5) is 19.7. The zero-order valence-corrected chi connectivity index (χ0v) is 16.1. The van der Waals surface area contributed by atoms with Gasteiger partial charge in [0, 0.05) is 36.7 Å². The predicted octanol–water partition coefficient (Wildman–Crippen LogP) is 2.60. The molecule has 0 aliphatic carbocycles. The van der Waals surface area contributed by atoms with E-state index in [0.717, 1.165) is 24.3 Å². The standard InChI is InChI=1S/C20H22N8O/c1-15-4-6-17(7-5-15)23-18-24-19(27-22-14-16-3-2-8-21-13-16)26-20(25-18)28-9-11-29-12-10-28/h2-8,13-14H,9-12H2,1H3,(H2,23,24,25,26,27)/b22-14-. The van der Waals surface area contributed by atoms with Crippen LogP contribution in [0.2, 0.25) is 0 Å². The van der Waals surface area contributed by atoms with Gasteiger partial charge in [-0.2, -0.15) is 20.1 Å². The van der Waals surface area contributed by atoms with Crippen LogP contribution in [0.5, 0.6) is 0 Å². The van der Waals surface area contributed by atoms with Crippen LogP contribution >= 0.6 is 0 Å². The molecule has 1 aromatic carbocycles. The van der Waals surface area contributed by atoms with Crippen molar-refractivity contribution in [1.82, 2.24) is 19.9 Å². The highest BCUT2D eigenvalue weighted by Gasteiger charge is 2.16. The number of aromatic nitrogens is 4. The molecule has 9 heteroatoms. The lowest BCUT2D eigenvalue weighted by molar-refractivity contribution is 0.122. The van der Waals surface area contributed by atoms with Gasteiger partial charge in [-0.1, -0.05) is 23.8 Å². The van der Waals surface area contributed by atoms with Crippen molar-refractivity contribution in [2.75, 3.05) is 41.9 Å². The Labute approximate surface area is 168 Å². The van der Waals surface area contributed by atoms with Gasteiger partial charge in [0.05, 0.1) is 19.4 Å². The van der Waals surface area contributed by atoms with Crippen molar-refractivity contribution >= 4 is 29.7 Å². The lowest BCUT2D eigenvalue weighted by atomic mass is 10.2. The number of rotatable bonds is 6. The van der Waals surface area contributed by atoms with Crippen LogP contribution in [0.25, 0.3) is 0 Å². The summed E-state index contributed by atoms with van der Waals surface area (Å²) in [5.41, 5.74) is 5.85. The normalized spacial score (nSPS) is 14.2. The average molecular weight is 390 g/mol. The molecule has 0 amide bonds. The molecule has 9 nitrogen and oxygen atoms in total. The van der Waals surface area contributed by atoms with E-state index >= 15 is 0 Å². The molecule has 2 aromatic heterocycles. The average Bonchev–Trinajstić information content (AvgIpc) is 2.77. The van der Waals surface area contributed by atoms with Gasteiger partial charge < -0.3 is 15.0 Å². The lowest BCUT2D eigenvalue weighted by Gasteiger charge is -2.27. The SMILES string of the molecule is Cc1ccc(Nc2nc(N/N=C\c3cccnc3)nc(N3CCOCC3)n2)cc1. The molecule has 0 saturated carbocycles. The molecule has 0 bridgehead atoms. The molecular formula is C20H22N8O. The van der Waals surface area contributed by atoms with E-state index in [0.29, 0.717) is 31.1 Å². The van der Waals surface area contributed by atoms with E-state index in [9.17, 15) is 0 Å². The largest absolute Gasteiger partial charge is 0.378 e. The lowest BCUT2D eigenvalue weighted by Crippen LogP contribution is -2.37. The predicted molar refractivity (Wildman–Crippen MR) is 113 cm³/mol. The third-order valence-electron chi connectivity index (χ3n) is 4.29. The van der Waals surface area contributed by atoms with Gasteiger partial charge in [-0.25, -0.2) is 5.43 Å². The number of nitrogens with zero attached hydrogens (tertiary/aromatic N) is 6. The van der Waals surface area contributed by atoms with Crippen LogP contribution < -0.4 is 15.6 Å². The Kier molecular flexibility index (Phi) is 5.87. The van der Waals surface area contributed by atoms with Crippen LogP contribution in [0.4, 0.5) is 23.5 Å². The van der Waals surface area contributed by atoms with Crippen molar-refractivity contribution in [2.45, 2.75) is 6.92 Å². The van der Waals surface area contributed by atoms with Crippen molar-refractivity contribution in [3.8, 4) is 0 Å². The summed E-state index contributed by atoms with van der Waals surface area (Å²) >= 11 is 0. The Morgan fingerprint density at radius 3 is 2.59 bits per heavy atom. The second kappa shape index (κ2) is 9.07. The first-order valence-electron chi connectivity index (χ1n) is 9.38. The molecule has 1 fully saturated rings. The molecule has 148 valence electrons. The molecule has 1 saturated heterocycles. The van der Waals surface area contributed by atoms with Gasteiger partial charge in [-0.05, 0) is 25.1 Å². The van der Waals surface area contributed by atoms with E-state index in [1.165, 1.54) is 5.56 Å². The van der Waals surface area contributed by atoms with Crippen LogP contribution in [0, 0.1) is 6.92 Å². The molecule has 3 heterocycles. The Bertz CT molecular complexity index is 956. The second-order valence-corrected chi connectivity index (χ2v) is 6.53. The van der Waals surface area contributed by atoms with Crippen molar-refractivity contribution in [1.29, 1.82) is 0 Å². The fourth-order valence-electron chi connectivity index (χ4n) is 2.76. The Balaban J connectivity index is 1.56. The summed E-state index contributed by atoms with van der Waals surface area (Å²) in [5.74, 6) is 1.39. The number of morpholine rings is 1. The summed E-state index contributed by atoms with van der Waals surface area (Å²) in [6.45, 7) is 4.80. The summed E-state index contributed by atoms with van der Waals surface area (Å²) in [6.07, 6.45) is 5.11. The van der Waals surface area contributed by atoms with Gasteiger partial charge in [-0.15, -0.1) is 0 Å². The Morgan fingerprint density at radius 2 is 1.83 bits per heavy atom. The summed E-state index contributed by atoms with van der Waals surface area (Å²) in [5, 5.41) is 7.46. The number of hydrogen-bond acceptors (Lipinski definition) is 9. The highest BCUT2D eigenvalue weighted by Crippen LogP contribution is 2.19. The maximum atomic E-state index is 5.43. The smallest absolute Gasteiger partial charge is 0.250 e. The number of benzene rings is 1. The number of nitrogens with one attached hydrogen (secondary N) is 2. The van der Waals surface area contributed by atoms with Crippen molar-refractivity contribution in [2.24, 2.45) is 5.10 Å².